The van der Waals surface area contributed by atoms with E-state index in [0.29, 0.717) is 24.2 Å². The van der Waals surface area contributed by atoms with E-state index in [4.69, 9.17) is 27.9 Å². The van der Waals surface area contributed by atoms with E-state index in [9.17, 15) is 19.2 Å². The first-order chi connectivity index (χ1) is 16.1. The highest BCUT2D eigenvalue weighted by atomic mass is 35.5. The Bertz CT molecular complexity index is 1100. The van der Waals surface area contributed by atoms with Crippen molar-refractivity contribution in [2.24, 2.45) is 11.8 Å². The first-order valence-corrected chi connectivity index (χ1v) is 11.8. The zero-order chi connectivity index (χ0) is 24.6. The number of carbonyl (C=O) groups is 4. The maximum absolute atomic E-state index is 12.9. The fraction of sp³-hybridized carbons (Fsp3) is 0.360. The number of esters is 1. The zero-order valence-electron chi connectivity index (χ0n) is 18.7. The lowest BCUT2D eigenvalue weighted by atomic mass is 9.80. The molecule has 1 saturated carbocycles. The summed E-state index contributed by atoms with van der Waals surface area (Å²) in [5.74, 6) is -2.72. The Balaban J connectivity index is 1.37. The molecule has 178 valence electrons. The van der Waals surface area contributed by atoms with Crippen LogP contribution in [0, 0.1) is 25.7 Å². The molecule has 4 atom stereocenters. The molecule has 0 radical (unpaired) electrons. The van der Waals surface area contributed by atoms with Crippen molar-refractivity contribution in [3.63, 3.8) is 0 Å². The number of carbonyl (C=O) groups excluding carboxylic acids is 4. The fourth-order valence-corrected chi connectivity index (χ4v) is 5.14. The van der Waals surface area contributed by atoms with Crippen LogP contribution in [0.3, 0.4) is 0 Å². The minimum Gasteiger partial charge on any atom is -0.452 e. The highest BCUT2D eigenvalue weighted by molar-refractivity contribution is 6.31. The molecule has 1 N–H and O–H groups in total. The molecule has 9 heteroatoms. The number of hydrogen-bond acceptors (Lipinski definition) is 5. The van der Waals surface area contributed by atoms with Crippen molar-refractivity contribution >= 4 is 58.3 Å². The molecule has 3 amide bonds. The van der Waals surface area contributed by atoms with Gasteiger partial charge in [-0.25, -0.2) is 4.79 Å². The third-order valence-corrected chi connectivity index (χ3v) is 7.21. The van der Waals surface area contributed by atoms with Crippen LogP contribution in [0.4, 0.5) is 11.4 Å². The lowest BCUT2D eigenvalue weighted by molar-refractivity contribution is -0.122. The number of nitrogens with one attached hydrogen (secondary N) is 1. The first-order valence-electron chi connectivity index (χ1n) is 11.0. The summed E-state index contributed by atoms with van der Waals surface area (Å²) < 4.78 is 5.10. The number of alkyl halides is 2. The average molecular weight is 503 g/mol. The van der Waals surface area contributed by atoms with E-state index in [1.807, 2.05) is 32.0 Å². The highest BCUT2D eigenvalue weighted by Crippen LogP contribution is 2.43. The van der Waals surface area contributed by atoms with Gasteiger partial charge in [0, 0.05) is 5.69 Å². The molecule has 1 aliphatic heterocycles. The Morgan fingerprint density at radius 1 is 0.941 bits per heavy atom. The van der Waals surface area contributed by atoms with E-state index < -0.39 is 30.3 Å². The van der Waals surface area contributed by atoms with Gasteiger partial charge in [-0.3, -0.25) is 19.3 Å². The van der Waals surface area contributed by atoms with Crippen molar-refractivity contribution in [3.05, 3.63) is 59.2 Å². The Morgan fingerprint density at radius 2 is 1.47 bits per heavy atom. The van der Waals surface area contributed by atoms with Gasteiger partial charge in [0.25, 0.3) is 5.91 Å². The second-order valence-corrected chi connectivity index (χ2v) is 9.90. The summed E-state index contributed by atoms with van der Waals surface area (Å²) in [5.41, 5.74) is 3.20. The van der Waals surface area contributed by atoms with Gasteiger partial charge in [-0.1, -0.05) is 6.07 Å². The van der Waals surface area contributed by atoms with E-state index in [-0.39, 0.29) is 28.1 Å². The maximum atomic E-state index is 12.9. The van der Waals surface area contributed by atoms with E-state index in [0.717, 1.165) is 16.0 Å². The Morgan fingerprint density at radius 3 is 2.00 bits per heavy atom. The molecule has 0 spiro atoms. The van der Waals surface area contributed by atoms with Crippen molar-refractivity contribution in [1.82, 2.24) is 0 Å². The number of anilines is 2. The summed E-state index contributed by atoms with van der Waals surface area (Å²) in [6, 6.07) is 11.6. The number of fused-ring (bicyclic) bond motifs is 1. The Labute approximate surface area is 207 Å². The van der Waals surface area contributed by atoms with Gasteiger partial charge in [-0.05, 0) is 74.2 Å². The lowest BCUT2D eigenvalue weighted by Gasteiger charge is -2.28. The van der Waals surface area contributed by atoms with Crippen LogP contribution < -0.4 is 10.2 Å². The van der Waals surface area contributed by atoms with Gasteiger partial charge in [0.15, 0.2) is 6.61 Å². The van der Waals surface area contributed by atoms with Gasteiger partial charge in [0.05, 0.1) is 33.8 Å². The van der Waals surface area contributed by atoms with Gasteiger partial charge in [0.1, 0.15) is 0 Å². The molecule has 2 fully saturated rings. The van der Waals surface area contributed by atoms with E-state index in [1.54, 1.807) is 0 Å². The molecule has 1 aliphatic carbocycles. The van der Waals surface area contributed by atoms with Crippen molar-refractivity contribution in [2.75, 3.05) is 16.8 Å². The van der Waals surface area contributed by atoms with E-state index in [2.05, 4.69) is 5.32 Å². The molecule has 34 heavy (non-hydrogen) atoms. The monoisotopic (exact) mass is 502 g/mol. The second kappa shape index (κ2) is 9.76. The molecule has 0 unspecified atom stereocenters. The SMILES string of the molecule is Cc1cc(C)cc(NC(=O)COC(=O)c2ccc(N3C(=O)[C@H]4C[C@@H](Cl)[C@@H](Cl)C[C@H]4C3=O)cc2)c1. The predicted octanol–water partition coefficient (Wildman–Crippen LogP) is 4.21. The third kappa shape index (κ3) is 4.95. The maximum Gasteiger partial charge on any atom is 0.338 e. The number of ether oxygens (including phenoxy) is 1. The summed E-state index contributed by atoms with van der Waals surface area (Å²) in [5, 5.41) is 1.99. The van der Waals surface area contributed by atoms with E-state index >= 15 is 0 Å². The number of amides is 3. The molecule has 4 rings (SSSR count). The number of rotatable bonds is 5. The van der Waals surface area contributed by atoms with Crippen molar-refractivity contribution < 1.29 is 23.9 Å². The first kappa shape index (κ1) is 24.2. The molecular weight excluding hydrogens is 479 g/mol. The van der Waals surface area contributed by atoms with Gasteiger partial charge in [0.2, 0.25) is 11.8 Å². The van der Waals surface area contributed by atoms with Gasteiger partial charge < -0.3 is 10.1 Å². The van der Waals surface area contributed by atoms with Crippen LogP contribution in [0.15, 0.2) is 42.5 Å². The van der Waals surface area contributed by atoms with Crippen LogP contribution >= 0.6 is 23.2 Å². The summed E-state index contributed by atoms with van der Waals surface area (Å²) in [6.45, 7) is 3.40. The molecule has 2 aliphatic rings. The number of nitrogens with zero attached hydrogens (tertiary/aromatic N) is 1. The summed E-state index contributed by atoms with van der Waals surface area (Å²) >= 11 is 12.4. The number of benzene rings is 2. The van der Waals surface area contributed by atoms with Crippen LogP contribution in [0.5, 0.6) is 0 Å². The van der Waals surface area contributed by atoms with Gasteiger partial charge in [-0.15, -0.1) is 23.2 Å². The largest absolute Gasteiger partial charge is 0.452 e. The topological polar surface area (TPSA) is 92.8 Å². The molecule has 7 nitrogen and oxygen atoms in total. The smallest absolute Gasteiger partial charge is 0.338 e. The summed E-state index contributed by atoms with van der Waals surface area (Å²) in [6.07, 6.45) is 0.714. The Hall–Kier alpha value is -2.90. The molecule has 1 saturated heterocycles. The molecule has 0 aromatic heterocycles. The molecule has 1 heterocycles. The average Bonchev–Trinajstić information content (AvgIpc) is 3.01. The van der Waals surface area contributed by atoms with Crippen LogP contribution in [-0.2, 0) is 19.1 Å². The number of imide groups is 1. The number of hydrogen-bond donors (Lipinski definition) is 1. The van der Waals surface area contributed by atoms with Crippen molar-refractivity contribution in [2.45, 2.75) is 37.4 Å². The summed E-state index contributed by atoms with van der Waals surface area (Å²) in [4.78, 5) is 51.4. The highest BCUT2D eigenvalue weighted by Gasteiger charge is 2.52. The third-order valence-electron chi connectivity index (χ3n) is 6.11. The van der Waals surface area contributed by atoms with Crippen LogP contribution in [0.25, 0.3) is 0 Å². The van der Waals surface area contributed by atoms with Crippen LogP contribution in [-0.4, -0.2) is 41.1 Å². The van der Waals surface area contributed by atoms with Gasteiger partial charge >= 0.3 is 5.97 Å². The zero-order valence-corrected chi connectivity index (χ0v) is 20.2. The van der Waals surface area contributed by atoms with Crippen molar-refractivity contribution in [1.29, 1.82) is 0 Å². The Kier molecular flexibility index (Phi) is 6.96. The van der Waals surface area contributed by atoms with Gasteiger partial charge in [-0.2, -0.15) is 0 Å². The number of aryl methyl sites for hydroxylation is 2. The molecule has 0 bridgehead atoms. The van der Waals surface area contributed by atoms with Crippen LogP contribution in [0.1, 0.15) is 34.3 Å². The minimum atomic E-state index is -0.690. The minimum absolute atomic E-state index is 0.195. The second-order valence-electron chi connectivity index (χ2n) is 8.78. The summed E-state index contributed by atoms with van der Waals surface area (Å²) in [7, 11) is 0. The number of halogens is 2. The molecule has 2 aromatic rings. The quantitative estimate of drug-likeness (QED) is 0.375. The fourth-order valence-electron chi connectivity index (χ4n) is 4.55. The molecular formula is C25H24Cl2N2O5. The predicted molar refractivity (Wildman–Crippen MR) is 129 cm³/mol. The normalized spacial score (nSPS) is 24.1. The molecule has 2 aromatic carbocycles. The standard InChI is InChI=1S/C25H24Cl2N2O5/c1-13-7-14(2)9-16(8-13)28-22(30)12-34-25(33)15-3-5-17(6-4-15)29-23(31)18-10-20(26)21(27)11-19(18)24(29)32/h3-9,18-21H,10-12H2,1-2H3,(H,28,30)/t18-,19+,20+,21-. The van der Waals surface area contributed by atoms with E-state index in [1.165, 1.54) is 24.3 Å². The van der Waals surface area contributed by atoms with Crippen LogP contribution in [0.2, 0.25) is 0 Å². The van der Waals surface area contributed by atoms with Crippen molar-refractivity contribution in [3.8, 4) is 0 Å². The lowest BCUT2D eigenvalue weighted by Crippen LogP contribution is -2.34.